The van der Waals surface area contributed by atoms with Crippen molar-refractivity contribution in [2.75, 3.05) is 14.2 Å². The number of hydrogen-bond acceptors (Lipinski definition) is 4. The van der Waals surface area contributed by atoms with E-state index in [0.717, 1.165) is 22.6 Å². The summed E-state index contributed by atoms with van der Waals surface area (Å²) in [5, 5.41) is -0.498. The Labute approximate surface area is 187 Å². The Morgan fingerprint density at radius 1 is 0.871 bits per heavy atom. The Bertz CT molecular complexity index is 871. The Balaban J connectivity index is 2.42. The monoisotopic (exact) mass is 445 g/mol. The van der Waals surface area contributed by atoms with E-state index in [4.69, 9.17) is 9.47 Å². The van der Waals surface area contributed by atoms with E-state index < -0.39 is 15.3 Å². The van der Waals surface area contributed by atoms with E-state index in [1.807, 2.05) is 69.3 Å². The summed E-state index contributed by atoms with van der Waals surface area (Å²) >= 11 is 0. The highest BCUT2D eigenvalue weighted by atomic mass is 32.2. The maximum Gasteiger partial charge on any atom is 0.218 e. The van der Waals surface area contributed by atoms with Gasteiger partial charge in [-0.2, -0.15) is 4.31 Å². The number of allylic oxidation sites excluding steroid dienone is 1. The van der Waals surface area contributed by atoms with Gasteiger partial charge in [0.25, 0.3) is 0 Å². The fourth-order valence-electron chi connectivity index (χ4n) is 3.97. The smallest absolute Gasteiger partial charge is 0.218 e. The molecule has 0 saturated carbocycles. The molecule has 0 aromatic heterocycles. The first-order valence-corrected chi connectivity index (χ1v) is 12.1. The zero-order valence-electron chi connectivity index (χ0n) is 19.2. The summed E-state index contributed by atoms with van der Waals surface area (Å²) in [5.74, 6) is 1.44. The minimum atomic E-state index is -3.59. The molecule has 2 aromatic rings. The van der Waals surface area contributed by atoms with Gasteiger partial charge in [0.2, 0.25) is 10.0 Å². The van der Waals surface area contributed by atoms with Gasteiger partial charge in [-0.1, -0.05) is 51.1 Å². The highest BCUT2D eigenvalue weighted by Gasteiger charge is 2.37. The van der Waals surface area contributed by atoms with E-state index in [-0.39, 0.29) is 11.8 Å². The summed E-state index contributed by atoms with van der Waals surface area (Å²) < 4.78 is 39.8. The van der Waals surface area contributed by atoms with Gasteiger partial charge in [0.15, 0.2) is 0 Å². The van der Waals surface area contributed by atoms with Gasteiger partial charge in [-0.3, -0.25) is 0 Å². The number of nitrogens with zero attached hydrogens (tertiary/aromatic N) is 1. The average Bonchev–Trinajstić information content (AvgIpc) is 2.74. The minimum absolute atomic E-state index is 0.0193. The van der Waals surface area contributed by atoms with Crippen LogP contribution in [0.2, 0.25) is 0 Å². The van der Waals surface area contributed by atoms with E-state index in [0.29, 0.717) is 19.5 Å². The van der Waals surface area contributed by atoms with Gasteiger partial charge in [0, 0.05) is 13.1 Å². The van der Waals surface area contributed by atoms with Crippen molar-refractivity contribution in [1.82, 2.24) is 4.31 Å². The molecule has 0 N–H and O–H groups in total. The van der Waals surface area contributed by atoms with E-state index in [1.54, 1.807) is 24.6 Å². The zero-order chi connectivity index (χ0) is 23.0. The molecule has 6 heteroatoms. The predicted molar refractivity (Wildman–Crippen MR) is 127 cm³/mol. The van der Waals surface area contributed by atoms with E-state index in [1.165, 1.54) is 0 Å². The molecule has 0 radical (unpaired) electrons. The van der Waals surface area contributed by atoms with E-state index in [9.17, 15) is 8.42 Å². The fraction of sp³-hybridized carbons (Fsp3) is 0.440. The van der Waals surface area contributed by atoms with Crippen LogP contribution < -0.4 is 9.47 Å². The Morgan fingerprint density at radius 2 is 1.29 bits per heavy atom. The van der Waals surface area contributed by atoms with Crippen molar-refractivity contribution >= 4 is 10.0 Å². The summed E-state index contributed by atoms with van der Waals surface area (Å²) in [6, 6.07) is 15.1. The number of ether oxygens (including phenoxy) is 2. The van der Waals surface area contributed by atoms with Crippen molar-refractivity contribution in [3.63, 3.8) is 0 Å². The van der Waals surface area contributed by atoms with Crippen molar-refractivity contribution in [2.45, 2.75) is 45.5 Å². The molecule has 0 amide bonds. The van der Waals surface area contributed by atoms with Crippen molar-refractivity contribution in [2.24, 2.45) is 11.8 Å². The van der Waals surface area contributed by atoms with Crippen molar-refractivity contribution in [3.05, 3.63) is 72.3 Å². The van der Waals surface area contributed by atoms with Gasteiger partial charge in [0.1, 0.15) is 11.5 Å². The largest absolute Gasteiger partial charge is 0.497 e. The molecule has 0 fully saturated rings. The lowest BCUT2D eigenvalue weighted by atomic mass is 9.95. The second kappa shape index (κ2) is 11.3. The number of hydrogen-bond donors (Lipinski definition) is 0. The van der Waals surface area contributed by atoms with Crippen LogP contribution in [0.4, 0.5) is 0 Å². The SMILES string of the molecule is C=CC[C@@H](C)C(C(C)C)S(=O)(=O)N(Cc1ccc(OC)cc1)Cc1ccc(OC)cc1. The molecule has 0 aliphatic carbocycles. The number of rotatable bonds is 12. The van der Waals surface area contributed by atoms with Crippen molar-refractivity contribution in [1.29, 1.82) is 0 Å². The first-order chi connectivity index (χ1) is 14.7. The second-order valence-corrected chi connectivity index (χ2v) is 10.3. The van der Waals surface area contributed by atoms with Gasteiger partial charge in [-0.25, -0.2) is 8.42 Å². The maximum atomic E-state index is 13.9. The van der Waals surface area contributed by atoms with Crippen LogP contribution in [-0.4, -0.2) is 32.2 Å². The molecule has 2 aromatic carbocycles. The van der Waals surface area contributed by atoms with Crippen LogP contribution >= 0.6 is 0 Å². The Kier molecular flexibility index (Phi) is 9.14. The average molecular weight is 446 g/mol. The summed E-state index contributed by atoms with van der Waals surface area (Å²) in [6.07, 6.45) is 2.45. The standard InChI is InChI=1S/C25H35NO4S/c1-7-8-20(4)25(19(2)3)31(27,28)26(17-21-9-13-23(29-5)14-10-21)18-22-11-15-24(30-6)16-12-22/h7,9-16,19-20,25H,1,8,17-18H2,2-6H3/t20-,25?/m1/s1. The molecule has 0 spiro atoms. The van der Waals surface area contributed by atoms with Crippen LogP contribution in [0.1, 0.15) is 38.3 Å². The number of benzene rings is 2. The van der Waals surface area contributed by atoms with Crippen LogP contribution in [0, 0.1) is 11.8 Å². The van der Waals surface area contributed by atoms with E-state index in [2.05, 4.69) is 6.58 Å². The van der Waals surface area contributed by atoms with Crippen LogP contribution in [0.3, 0.4) is 0 Å². The third-order valence-corrected chi connectivity index (χ3v) is 8.17. The first kappa shape index (κ1) is 25.0. The third kappa shape index (κ3) is 6.58. The van der Waals surface area contributed by atoms with Crippen LogP contribution in [0.5, 0.6) is 11.5 Å². The van der Waals surface area contributed by atoms with Gasteiger partial charge in [-0.15, -0.1) is 6.58 Å². The second-order valence-electron chi connectivity index (χ2n) is 8.22. The summed E-state index contributed by atoms with van der Waals surface area (Å²) in [6.45, 7) is 10.3. The highest BCUT2D eigenvalue weighted by molar-refractivity contribution is 7.89. The lowest BCUT2D eigenvalue weighted by molar-refractivity contribution is 0.355. The van der Waals surface area contributed by atoms with Crippen LogP contribution in [0.15, 0.2) is 61.2 Å². The first-order valence-electron chi connectivity index (χ1n) is 10.6. The van der Waals surface area contributed by atoms with Gasteiger partial charge < -0.3 is 9.47 Å². The van der Waals surface area contributed by atoms with Crippen LogP contribution in [0.25, 0.3) is 0 Å². The molecule has 2 atom stereocenters. The fourth-order valence-corrected chi connectivity index (χ4v) is 6.36. The molecule has 0 bridgehead atoms. The highest BCUT2D eigenvalue weighted by Crippen LogP contribution is 2.29. The van der Waals surface area contributed by atoms with Gasteiger partial charge in [-0.05, 0) is 53.6 Å². The summed E-state index contributed by atoms with van der Waals surface area (Å²) in [5.41, 5.74) is 1.83. The maximum absolute atomic E-state index is 13.9. The minimum Gasteiger partial charge on any atom is -0.497 e. The molecule has 5 nitrogen and oxygen atoms in total. The Morgan fingerprint density at radius 3 is 1.61 bits per heavy atom. The number of sulfonamides is 1. The van der Waals surface area contributed by atoms with Crippen molar-refractivity contribution < 1.29 is 17.9 Å². The molecule has 0 aliphatic rings. The zero-order valence-corrected chi connectivity index (χ0v) is 20.1. The Hall–Kier alpha value is -2.31. The third-order valence-electron chi connectivity index (χ3n) is 5.50. The molecule has 0 heterocycles. The summed E-state index contributed by atoms with van der Waals surface area (Å²) in [4.78, 5) is 0. The van der Waals surface area contributed by atoms with Gasteiger partial charge in [0.05, 0.1) is 19.5 Å². The predicted octanol–water partition coefficient (Wildman–Crippen LogP) is 5.27. The van der Waals surface area contributed by atoms with Gasteiger partial charge >= 0.3 is 0 Å². The molecule has 170 valence electrons. The lowest BCUT2D eigenvalue weighted by Gasteiger charge is -2.33. The molecule has 1 unspecified atom stereocenters. The van der Waals surface area contributed by atoms with Crippen molar-refractivity contribution in [3.8, 4) is 11.5 Å². The molecule has 0 aliphatic heterocycles. The van der Waals surface area contributed by atoms with E-state index >= 15 is 0 Å². The number of methoxy groups -OCH3 is 2. The normalized spacial score (nSPS) is 13.8. The topological polar surface area (TPSA) is 55.8 Å². The quantitative estimate of drug-likeness (QED) is 0.418. The molecular weight excluding hydrogens is 410 g/mol. The molecule has 31 heavy (non-hydrogen) atoms. The summed E-state index contributed by atoms with van der Waals surface area (Å²) in [7, 11) is -0.359. The van der Waals surface area contributed by atoms with Crippen LogP contribution in [-0.2, 0) is 23.1 Å². The molecule has 0 saturated heterocycles. The molecule has 2 rings (SSSR count). The molecular formula is C25H35NO4S. The lowest BCUT2D eigenvalue weighted by Crippen LogP contribution is -2.43.